The standard InChI is InChI=1S/C25H20ClF2N7O.C24H22ClF2N5O/c1-34-12-13(10-31-34)9-29-23-24-30-11-22(35(24)21-8-19(28)18(27)7-20(21)33-23)14-2-5-16(17(26)6-14)25(36)32-15-3-4-15;1-12(2)10-28-22-23-29-11-21(32(23)20-9-18(27)17(26)8-19(20)31-22)13-3-6-15(16(25)7-13)24(33)30-14-4-5-14/h2,5-8,10-12,15H,3-4,9H2,1H3,(H,29,33)(H,32,36);3,6-9,11-12,14H,4-5,10H2,1-2H3,(H,28,31)(H,30,33). The van der Waals surface area contributed by atoms with Crippen molar-refractivity contribution in [2.45, 2.75) is 58.2 Å². The van der Waals surface area contributed by atoms with E-state index in [1.54, 1.807) is 68.5 Å². The van der Waals surface area contributed by atoms with Crippen molar-refractivity contribution >= 4 is 80.0 Å². The summed E-state index contributed by atoms with van der Waals surface area (Å²) in [6.07, 6.45) is 10.7. The Hall–Kier alpha value is -7.31. The molecule has 2 aliphatic carbocycles. The average Bonchev–Trinajstić information content (AvgIpc) is 4.16. The van der Waals surface area contributed by atoms with E-state index >= 15 is 0 Å². The normalized spacial score (nSPS) is 13.6. The maximum Gasteiger partial charge on any atom is 0.253 e. The zero-order chi connectivity index (χ0) is 48.2. The molecule has 2 saturated carbocycles. The Balaban J connectivity index is 0.000000161. The smallest absolute Gasteiger partial charge is 0.253 e. The fraction of sp³-hybridized carbons (Fsp3) is 0.245. The highest BCUT2D eigenvalue weighted by Crippen LogP contribution is 2.34. The van der Waals surface area contributed by atoms with Crippen molar-refractivity contribution in [2.24, 2.45) is 13.0 Å². The summed E-state index contributed by atoms with van der Waals surface area (Å²) in [6, 6.07) is 15.0. The number of carbonyl (C=O) groups is 2. The molecular weight excluding hydrogens is 936 g/mol. The Morgan fingerprint density at radius 3 is 1.55 bits per heavy atom. The number of carbonyl (C=O) groups excluding carboxylic acids is 2. The summed E-state index contributed by atoms with van der Waals surface area (Å²) in [6.45, 7) is 5.15. The lowest BCUT2D eigenvalue weighted by molar-refractivity contribution is 0.0942. The van der Waals surface area contributed by atoms with Gasteiger partial charge in [0.25, 0.3) is 11.8 Å². The van der Waals surface area contributed by atoms with Gasteiger partial charge in [-0.25, -0.2) is 37.5 Å². The lowest BCUT2D eigenvalue weighted by Crippen LogP contribution is -2.25. The van der Waals surface area contributed by atoms with Crippen LogP contribution in [0.4, 0.5) is 29.2 Å². The lowest BCUT2D eigenvalue weighted by atomic mass is 10.1. The minimum absolute atomic E-state index is 0.207. The Morgan fingerprint density at radius 2 is 1.13 bits per heavy atom. The summed E-state index contributed by atoms with van der Waals surface area (Å²) in [7, 11) is 1.82. The van der Waals surface area contributed by atoms with E-state index in [4.69, 9.17) is 23.2 Å². The van der Waals surface area contributed by atoms with Crippen molar-refractivity contribution in [3.05, 3.63) is 135 Å². The number of anilines is 2. The van der Waals surface area contributed by atoms with Crippen LogP contribution in [-0.4, -0.2) is 69.0 Å². The minimum atomic E-state index is -0.997. The molecule has 5 heterocycles. The van der Waals surface area contributed by atoms with Crippen LogP contribution in [-0.2, 0) is 13.6 Å². The lowest BCUT2D eigenvalue weighted by Gasteiger charge is -2.13. The Kier molecular flexibility index (Phi) is 12.1. The molecule has 352 valence electrons. The van der Waals surface area contributed by atoms with E-state index in [2.05, 4.69) is 60.1 Å². The Labute approximate surface area is 401 Å². The van der Waals surface area contributed by atoms with Crippen LogP contribution in [0.2, 0.25) is 10.0 Å². The molecule has 0 unspecified atom stereocenters. The van der Waals surface area contributed by atoms with E-state index < -0.39 is 23.3 Å². The van der Waals surface area contributed by atoms with Gasteiger partial charge in [0.1, 0.15) is 0 Å². The van der Waals surface area contributed by atoms with Gasteiger partial charge in [0.2, 0.25) is 0 Å². The first-order valence-electron chi connectivity index (χ1n) is 22.2. The number of benzene rings is 4. The fourth-order valence-corrected chi connectivity index (χ4v) is 8.38. The van der Waals surface area contributed by atoms with Gasteiger partial charge in [-0.1, -0.05) is 49.2 Å². The number of hydrogen-bond acceptors (Lipinski definition) is 9. The topological polar surface area (TPSA) is 160 Å². The second kappa shape index (κ2) is 18.3. The number of nitrogens with one attached hydrogen (secondary N) is 4. The summed E-state index contributed by atoms with van der Waals surface area (Å²) in [4.78, 5) is 43.0. The molecule has 9 aromatic rings. The quantitative estimate of drug-likeness (QED) is 0.0874. The third-order valence-corrected chi connectivity index (χ3v) is 12.3. The highest BCUT2D eigenvalue weighted by Gasteiger charge is 2.27. The van der Waals surface area contributed by atoms with Crippen LogP contribution in [0.15, 0.2) is 85.5 Å². The third-order valence-electron chi connectivity index (χ3n) is 11.7. The van der Waals surface area contributed by atoms with Gasteiger partial charge in [0.15, 0.2) is 46.2 Å². The van der Waals surface area contributed by atoms with E-state index in [1.807, 2.05) is 13.2 Å². The van der Waals surface area contributed by atoms with Crippen molar-refractivity contribution < 1.29 is 27.2 Å². The molecule has 4 N–H and O–H groups in total. The van der Waals surface area contributed by atoms with Gasteiger partial charge < -0.3 is 21.3 Å². The third kappa shape index (κ3) is 9.33. The molecule has 11 rings (SSSR count). The second-order valence-electron chi connectivity index (χ2n) is 17.6. The van der Waals surface area contributed by atoms with Crippen molar-refractivity contribution in [1.29, 1.82) is 0 Å². The summed E-state index contributed by atoms with van der Waals surface area (Å²) < 4.78 is 61.7. The predicted molar refractivity (Wildman–Crippen MR) is 257 cm³/mol. The van der Waals surface area contributed by atoms with Gasteiger partial charge in [-0.3, -0.25) is 23.1 Å². The highest BCUT2D eigenvalue weighted by molar-refractivity contribution is 6.34. The van der Waals surface area contributed by atoms with Gasteiger partial charge in [-0.15, -0.1) is 0 Å². The maximum absolute atomic E-state index is 14.3. The molecule has 0 spiro atoms. The van der Waals surface area contributed by atoms with Gasteiger partial charge in [-0.05, 0) is 55.9 Å². The number of aryl methyl sites for hydroxylation is 1. The molecule has 2 amide bonds. The Bertz CT molecular complexity index is 3510. The summed E-state index contributed by atoms with van der Waals surface area (Å²) in [5.74, 6) is -3.15. The first-order valence-corrected chi connectivity index (χ1v) is 22.9. The van der Waals surface area contributed by atoms with Crippen LogP contribution in [0, 0.1) is 29.2 Å². The number of imidazole rings is 2. The molecule has 0 aliphatic heterocycles. The summed E-state index contributed by atoms with van der Waals surface area (Å²) >= 11 is 12.9. The second-order valence-corrected chi connectivity index (χ2v) is 18.4. The molecule has 14 nitrogen and oxygen atoms in total. The van der Waals surface area contributed by atoms with Crippen LogP contribution in [0.25, 0.3) is 55.9 Å². The van der Waals surface area contributed by atoms with Crippen LogP contribution >= 0.6 is 23.2 Å². The molecule has 0 bridgehead atoms. The zero-order valence-corrected chi connectivity index (χ0v) is 38.7. The largest absolute Gasteiger partial charge is 0.367 e. The first-order chi connectivity index (χ1) is 33.2. The van der Waals surface area contributed by atoms with Crippen molar-refractivity contribution in [1.82, 2.24) is 49.2 Å². The van der Waals surface area contributed by atoms with Crippen molar-refractivity contribution in [3.63, 3.8) is 0 Å². The number of hydrogen-bond donors (Lipinski definition) is 4. The number of halogens is 6. The molecule has 0 radical (unpaired) electrons. The highest BCUT2D eigenvalue weighted by atomic mass is 35.5. The van der Waals surface area contributed by atoms with E-state index in [0.717, 1.165) is 55.5 Å². The van der Waals surface area contributed by atoms with Crippen molar-refractivity contribution in [2.75, 3.05) is 17.2 Å². The molecule has 0 saturated heterocycles. The first kappa shape index (κ1) is 45.5. The maximum atomic E-state index is 14.3. The van der Waals surface area contributed by atoms with Gasteiger partial charge in [-0.2, -0.15) is 5.10 Å². The molecule has 20 heteroatoms. The molecule has 5 aromatic heterocycles. The van der Waals surface area contributed by atoms with Crippen LogP contribution in [0.5, 0.6) is 0 Å². The number of amides is 2. The van der Waals surface area contributed by atoms with Gasteiger partial charge >= 0.3 is 0 Å². The van der Waals surface area contributed by atoms with Crippen molar-refractivity contribution in [3.8, 4) is 22.5 Å². The zero-order valence-electron chi connectivity index (χ0n) is 37.2. The molecule has 4 aromatic carbocycles. The molecule has 0 atom stereocenters. The van der Waals surface area contributed by atoms with Gasteiger partial charge in [0.05, 0.1) is 73.2 Å². The Morgan fingerprint density at radius 1 is 0.667 bits per heavy atom. The van der Waals surface area contributed by atoms with E-state index in [0.29, 0.717) is 97.2 Å². The number of aromatic nitrogens is 8. The molecule has 69 heavy (non-hydrogen) atoms. The van der Waals surface area contributed by atoms with Crippen LogP contribution < -0.4 is 21.3 Å². The number of nitrogens with zero attached hydrogens (tertiary/aromatic N) is 8. The molecule has 2 aliphatic rings. The predicted octanol–water partition coefficient (Wildman–Crippen LogP) is 10.2. The summed E-state index contributed by atoms with van der Waals surface area (Å²) in [5, 5.41) is 17.1. The SMILES string of the molecule is CC(C)CNc1nc2cc(F)c(F)cc2n2c(-c3ccc(C(=O)NC4CC4)c(Cl)c3)cnc12.Cn1cc(CNc2nc3cc(F)c(F)cc3n3c(-c4ccc(C(=O)NC5CC5)c(Cl)c4)cnc23)cn1. The van der Waals surface area contributed by atoms with E-state index in [9.17, 15) is 27.2 Å². The monoisotopic (exact) mass is 976 g/mol. The molecular formula is C49H42Cl2F4N12O2. The summed E-state index contributed by atoms with van der Waals surface area (Å²) in [5.41, 5.74) is 6.40. The minimum Gasteiger partial charge on any atom is -0.367 e. The average molecular weight is 978 g/mol. The van der Waals surface area contributed by atoms with E-state index in [-0.39, 0.29) is 34.4 Å². The van der Waals surface area contributed by atoms with Crippen LogP contribution in [0.3, 0.4) is 0 Å². The van der Waals surface area contributed by atoms with E-state index in [1.165, 1.54) is 0 Å². The van der Waals surface area contributed by atoms with Gasteiger partial charge in [0, 0.05) is 79.4 Å². The fourth-order valence-electron chi connectivity index (χ4n) is 7.85. The van der Waals surface area contributed by atoms with Crippen LogP contribution in [0.1, 0.15) is 65.8 Å². The molecule has 2 fully saturated rings. The number of fused-ring (bicyclic) bond motifs is 6. The number of rotatable bonds is 12.